The molecular weight excluding hydrogens is 386 g/mol. The lowest BCUT2D eigenvalue weighted by molar-refractivity contribution is -0.0648. The van der Waals surface area contributed by atoms with E-state index in [0.29, 0.717) is 30.4 Å². The highest BCUT2D eigenvalue weighted by Gasteiger charge is 2.43. The molecule has 3 rings (SSSR count). The standard InChI is InChI=1S/C22H24BFN2O4/c1-15(16-3-7-18(23)8-4-16)26-14-12-22(30-21(26)28,11-13-25-20(27)29-2)17-5-9-19(24)10-6-17/h3-10,15H,11-14H2,1-2H3,(H,25,27)/t15-,22+/m0/s1. The molecule has 2 amide bonds. The van der Waals surface area contributed by atoms with E-state index in [1.165, 1.54) is 19.2 Å². The molecule has 30 heavy (non-hydrogen) atoms. The van der Waals surface area contributed by atoms with Crippen LogP contribution >= 0.6 is 0 Å². The van der Waals surface area contributed by atoms with Gasteiger partial charge < -0.3 is 19.7 Å². The van der Waals surface area contributed by atoms with Crippen LogP contribution in [-0.4, -0.2) is 45.1 Å². The predicted molar refractivity (Wildman–Crippen MR) is 111 cm³/mol. The van der Waals surface area contributed by atoms with Gasteiger partial charge in [-0.3, -0.25) is 0 Å². The summed E-state index contributed by atoms with van der Waals surface area (Å²) in [5.41, 5.74) is 1.32. The Kier molecular flexibility index (Phi) is 6.64. The monoisotopic (exact) mass is 410 g/mol. The lowest BCUT2D eigenvalue weighted by Gasteiger charge is -2.43. The summed E-state index contributed by atoms with van der Waals surface area (Å²) in [6.07, 6.45) is -0.200. The highest BCUT2D eigenvalue weighted by Crippen LogP contribution is 2.39. The first-order valence-corrected chi connectivity index (χ1v) is 9.77. The third-order valence-corrected chi connectivity index (χ3v) is 5.51. The summed E-state index contributed by atoms with van der Waals surface area (Å²) < 4.78 is 24.0. The molecule has 0 aromatic heterocycles. The first-order chi connectivity index (χ1) is 14.3. The topological polar surface area (TPSA) is 67.9 Å². The first-order valence-electron chi connectivity index (χ1n) is 9.77. The third-order valence-electron chi connectivity index (χ3n) is 5.51. The number of cyclic esters (lactones) is 1. The van der Waals surface area contributed by atoms with Gasteiger partial charge in [0.15, 0.2) is 0 Å². The van der Waals surface area contributed by atoms with Crippen molar-refractivity contribution >= 4 is 25.5 Å². The van der Waals surface area contributed by atoms with Gasteiger partial charge in [-0.1, -0.05) is 41.9 Å². The summed E-state index contributed by atoms with van der Waals surface area (Å²) in [7, 11) is 7.03. The van der Waals surface area contributed by atoms with Crippen molar-refractivity contribution < 1.29 is 23.5 Å². The minimum Gasteiger partial charge on any atom is -0.453 e. The van der Waals surface area contributed by atoms with Gasteiger partial charge >= 0.3 is 12.2 Å². The van der Waals surface area contributed by atoms with Gasteiger partial charge in [0.1, 0.15) is 19.3 Å². The molecule has 8 heteroatoms. The van der Waals surface area contributed by atoms with Crippen molar-refractivity contribution in [1.82, 2.24) is 10.2 Å². The number of ether oxygens (including phenoxy) is 2. The Morgan fingerprint density at radius 2 is 1.93 bits per heavy atom. The number of hydrogen-bond acceptors (Lipinski definition) is 4. The number of amides is 2. The molecule has 0 aliphatic carbocycles. The predicted octanol–water partition coefficient (Wildman–Crippen LogP) is 3.16. The number of nitrogens with one attached hydrogen (secondary N) is 1. The highest BCUT2D eigenvalue weighted by molar-refractivity contribution is 6.32. The fraction of sp³-hybridized carbons (Fsp3) is 0.364. The van der Waals surface area contributed by atoms with Crippen LogP contribution < -0.4 is 10.8 Å². The Balaban J connectivity index is 1.79. The van der Waals surface area contributed by atoms with Crippen LogP contribution in [-0.2, 0) is 15.1 Å². The average molecular weight is 410 g/mol. The lowest BCUT2D eigenvalue weighted by atomic mass is 9.85. The Morgan fingerprint density at radius 1 is 1.27 bits per heavy atom. The van der Waals surface area contributed by atoms with Crippen molar-refractivity contribution in [2.75, 3.05) is 20.2 Å². The molecule has 1 aliphatic rings. The van der Waals surface area contributed by atoms with Gasteiger partial charge in [0.2, 0.25) is 0 Å². The molecule has 1 heterocycles. The van der Waals surface area contributed by atoms with E-state index in [4.69, 9.17) is 12.6 Å². The van der Waals surface area contributed by atoms with E-state index in [9.17, 15) is 14.0 Å². The van der Waals surface area contributed by atoms with Crippen molar-refractivity contribution in [3.63, 3.8) is 0 Å². The number of nitrogens with zero attached hydrogens (tertiary/aromatic N) is 1. The molecule has 0 saturated carbocycles. The van der Waals surface area contributed by atoms with Crippen molar-refractivity contribution in [2.24, 2.45) is 0 Å². The molecule has 1 fully saturated rings. The summed E-state index contributed by atoms with van der Waals surface area (Å²) >= 11 is 0. The van der Waals surface area contributed by atoms with Crippen LogP contribution in [0.3, 0.4) is 0 Å². The van der Waals surface area contributed by atoms with E-state index < -0.39 is 17.8 Å². The van der Waals surface area contributed by atoms with E-state index in [-0.39, 0.29) is 18.4 Å². The molecule has 2 aromatic carbocycles. The molecule has 0 unspecified atom stereocenters. The number of carbonyl (C=O) groups excluding carboxylic acids is 2. The van der Waals surface area contributed by atoms with Crippen LogP contribution in [0.15, 0.2) is 48.5 Å². The number of methoxy groups -OCH3 is 1. The summed E-state index contributed by atoms with van der Waals surface area (Å²) in [5.74, 6) is -0.373. The largest absolute Gasteiger partial charge is 0.453 e. The Labute approximate surface area is 176 Å². The van der Waals surface area contributed by atoms with Crippen LogP contribution in [0.5, 0.6) is 0 Å². The van der Waals surface area contributed by atoms with E-state index in [2.05, 4.69) is 10.1 Å². The van der Waals surface area contributed by atoms with E-state index in [1.807, 2.05) is 19.1 Å². The fourth-order valence-corrected chi connectivity index (χ4v) is 3.69. The maximum atomic E-state index is 13.4. The molecule has 6 nitrogen and oxygen atoms in total. The van der Waals surface area contributed by atoms with E-state index >= 15 is 0 Å². The Bertz CT molecular complexity index is 891. The van der Waals surface area contributed by atoms with Gasteiger partial charge in [0.25, 0.3) is 0 Å². The number of alkyl carbamates (subject to hydrolysis) is 1. The summed E-state index contributed by atoms with van der Waals surface area (Å²) in [4.78, 5) is 26.0. The number of carbonyl (C=O) groups is 2. The zero-order chi connectivity index (χ0) is 21.7. The van der Waals surface area contributed by atoms with Gasteiger partial charge in [-0.2, -0.15) is 0 Å². The minimum atomic E-state index is -0.969. The molecule has 0 spiro atoms. The second-order valence-corrected chi connectivity index (χ2v) is 7.32. The quantitative estimate of drug-likeness (QED) is 0.743. The third kappa shape index (κ3) is 4.75. The molecule has 0 bridgehead atoms. The van der Waals surface area contributed by atoms with Crippen LogP contribution in [0.2, 0.25) is 0 Å². The number of benzene rings is 2. The maximum Gasteiger partial charge on any atom is 0.411 e. The molecule has 2 aromatic rings. The second-order valence-electron chi connectivity index (χ2n) is 7.32. The van der Waals surface area contributed by atoms with Crippen molar-refractivity contribution in [3.05, 3.63) is 65.5 Å². The molecule has 1 aliphatic heterocycles. The summed E-state index contributed by atoms with van der Waals surface area (Å²) in [6.45, 7) is 2.61. The summed E-state index contributed by atoms with van der Waals surface area (Å²) in [6, 6.07) is 13.1. The van der Waals surface area contributed by atoms with Crippen molar-refractivity contribution in [2.45, 2.75) is 31.4 Å². The number of halogens is 1. The highest BCUT2D eigenvalue weighted by atomic mass is 19.1. The molecule has 156 valence electrons. The number of rotatable bonds is 6. The van der Waals surface area contributed by atoms with Crippen LogP contribution in [0.25, 0.3) is 0 Å². The Hall–Kier alpha value is -3.03. The van der Waals surface area contributed by atoms with Gasteiger partial charge in [0.05, 0.1) is 13.2 Å². The molecule has 2 atom stereocenters. The van der Waals surface area contributed by atoms with Crippen LogP contribution in [0.4, 0.5) is 14.0 Å². The zero-order valence-electron chi connectivity index (χ0n) is 17.1. The van der Waals surface area contributed by atoms with Crippen LogP contribution in [0, 0.1) is 5.82 Å². The van der Waals surface area contributed by atoms with Crippen molar-refractivity contribution in [3.8, 4) is 0 Å². The molecule has 1 N–H and O–H groups in total. The van der Waals surface area contributed by atoms with E-state index in [1.54, 1.807) is 29.2 Å². The van der Waals surface area contributed by atoms with Crippen molar-refractivity contribution in [1.29, 1.82) is 0 Å². The second kappa shape index (κ2) is 9.20. The van der Waals surface area contributed by atoms with Crippen LogP contribution in [0.1, 0.15) is 36.9 Å². The molecule has 1 saturated heterocycles. The molecular formula is C22H24BFN2O4. The lowest BCUT2D eigenvalue weighted by Crippen LogP contribution is -2.49. The first kappa shape index (κ1) is 21.7. The molecule has 2 radical (unpaired) electrons. The summed E-state index contributed by atoms with van der Waals surface area (Å²) in [5, 5.41) is 2.61. The normalized spacial score (nSPS) is 19.7. The number of hydrogen-bond donors (Lipinski definition) is 1. The van der Waals surface area contributed by atoms with Gasteiger partial charge in [-0.25, -0.2) is 14.0 Å². The van der Waals surface area contributed by atoms with Gasteiger partial charge in [-0.15, -0.1) is 0 Å². The zero-order valence-corrected chi connectivity index (χ0v) is 17.1. The Morgan fingerprint density at radius 3 is 2.53 bits per heavy atom. The van der Waals surface area contributed by atoms with Gasteiger partial charge in [0, 0.05) is 25.9 Å². The SMILES string of the molecule is [B]c1ccc([C@H](C)N2CC[C@](CCNC(=O)OC)(c3ccc(F)cc3)OC2=O)cc1. The smallest absolute Gasteiger partial charge is 0.411 e. The average Bonchev–Trinajstić information content (AvgIpc) is 2.74. The van der Waals surface area contributed by atoms with Gasteiger partial charge in [-0.05, 0) is 30.2 Å². The fourth-order valence-electron chi connectivity index (χ4n) is 3.69. The maximum absolute atomic E-state index is 13.4. The minimum absolute atomic E-state index is 0.197. The van der Waals surface area contributed by atoms with E-state index in [0.717, 1.165) is 5.56 Å².